The molecule has 4 heterocycles. The molecule has 0 bridgehead atoms. The molecule has 128 valence electrons. The van der Waals surface area contributed by atoms with Crippen LogP contribution >= 0.6 is 0 Å². The number of fused-ring (bicyclic) bond motifs is 1. The Labute approximate surface area is 142 Å². The number of nitrogens with zero attached hydrogens (tertiary/aromatic N) is 4. The van der Waals surface area contributed by atoms with Crippen molar-refractivity contribution in [2.45, 2.75) is 51.7 Å². The molecule has 2 aliphatic rings. The molecule has 6 nitrogen and oxygen atoms in total. The van der Waals surface area contributed by atoms with Gasteiger partial charge in [-0.25, -0.2) is 0 Å². The predicted octanol–water partition coefficient (Wildman–Crippen LogP) is 2.40. The first kappa shape index (κ1) is 15.4. The standard InChI is InChI=1S/C18H24N4O2/c1-12-8-15(24-13(12)2)11-21-7-6-17-16(21)4-5-18(23)22(17)14-9-19-20(3)10-14/h8-10,16-17H,4-7,11H2,1-3H3/t16-,17-/m1/s1. The smallest absolute Gasteiger partial charge is 0.227 e. The van der Waals surface area contributed by atoms with Crippen molar-refractivity contribution in [3.8, 4) is 0 Å². The molecule has 0 radical (unpaired) electrons. The van der Waals surface area contributed by atoms with Gasteiger partial charge in [0.2, 0.25) is 5.91 Å². The van der Waals surface area contributed by atoms with Crippen LogP contribution in [0, 0.1) is 13.8 Å². The lowest BCUT2D eigenvalue weighted by Gasteiger charge is -2.39. The van der Waals surface area contributed by atoms with Crippen molar-refractivity contribution in [2.24, 2.45) is 7.05 Å². The average Bonchev–Trinajstić information content (AvgIpc) is 3.21. The molecule has 0 N–H and O–H groups in total. The minimum absolute atomic E-state index is 0.218. The van der Waals surface area contributed by atoms with E-state index in [1.165, 1.54) is 5.56 Å². The lowest BCUT2D eigenvalue weighted by molar-refractivity contribution is -0.120. The molecule has 0 unspecified atom stereocenters. The van der Waals surface area contributed by atoms with Crippen LogP contribution in [0.3, 0.4) is 0 Å². The van der Waals surface area contributed by atoms with Crippen LogP contribution in [0.1, 0.15) is 36.3 Å². The summed E-state index contributed by atoms with van der Waals surface area (Å²) < 4.78 is 7.61. The van der Waals surface area contributed by atoms with Gasteiger partial charge in [0.1, 0.15) is 11.5 Å². The summed E-state index contributed by atoms with van der Waals surface area (Å²) in [6.45, 7) is 5.91. The second-order valence-corrected chi connectivity index (χ2v) is 7.02. The Balaban J connectivity index is 1.55. The fourth-order valence-corrected chi connectivity index (χ4v) is 4.14. The van der Waals surface area contributed by atoms with Crippen LogP contribution in [0.25, 0.3) is 0 Å². The number of carbonyl (C=O) groups excluding carboxylic acids is 1. The van der Waals surface area contributed by atoms with Crippen LogP contribution in [0.4, 0.5) is 5.69 Å². The quantitative estimate of drug-likeness (QED) is 0.868. The van der Waals surface area contributed by atoms with Gasteiger partial charge < -0.3 is 9.32 Å². The second-order valence-electron chi connectivity index (χ2n) is 7.02. The van der Waals surface area contributed by atoms with Gasteiger partial charge >= 0.3 is 0 Å². The number of amides is 1. The Kier molecular flexibility index (Phi) is 3.72. The van der Waals surface area contributed by atoms with Crippen molar-refractivity contribution >= 4 is 11.6 Å². The lowest BCUT2D eigenvalue weighted by atomic mass is 9.96. The molecule has 2 aromatic rings. The van der Waals surface area contributed by atoms with Crippen LogP contribution in [-0.4, -0.2) is 39.2 Å². The Morgan fingerprint density at radius 3 is 2.79 bits per heavy atom. The summed E-state index contributed by atoms with van der Waals surface area (Å²) in [4.78, 5) is 17.0. The molecular formula is C18H24N4O2. The van der Waals surface area contributed by atoms with Crippen LogP contribution in [-0.2, 0) is 18.4 Å². The van der Waals surface area contributed by atoms with Crippen LogP contribution in [0.2, 0.25) is 0 Å². The van der Waals surface area contributed by atoms with Crippen molar-refractivity contribution in [2.75, 3.05) is 11.4 Å². The van der Waals surface area contributed by atoms with Gasteiger partial charge in [-0.3, -0.25) is 14.4 Å². The first-order chi connectivity index (χ1) is 11.5. The largest absolute Gasteiger partial charge is 0.465 e. The van der Waals surface area contributed by atoms with E-state index in [0.717, 1.165) is 43.1 Å². The van der Waals surface area contributed by atoms with Crippen LogP contribution in [0.5, 0.6) is 0 Å². The Bertz CT molecular complexity index is 743. The van der Waals surface area contributed by atoms with Gasteiger partial charge in [0, 0.05) is 32.3 Å². The highest BCUT2D eigenvalue weighted by atomic mass is 16.3. The predicted molar refractivity (Wildman–Crippen MR) is 90.7 cm³/mol. The zero-order valence-electron chi connectivity index (χ0n) is 14.5. The van der Waals surface area contributed by atoms with Crippen molar-refractivity contribution in [3.63, 3.8) is 0 Å². The van der Waals surface area contributed by atoms with Gasteiger partial charge in [0.25, 0.3) is 0 Å². The summed E-state index contributed by atoms with van der Waals surface area (Å²) in [5.74, 6) is 2.24. The molecule has 0 aliphatic carbocycles. The highest BCUT2D eigenvalue weighted by molar-refractivity contribution is 5.94. The highest BCUT2D eigenvalue weighted by Gasteiger charge is 2.44. The normalized spacial score (nSPS) is 24.6. The minimum Gasteiger partial charge on any atom is -0.465 e. The van der Waals surface area contributed by atoms with E-state index in [4.69, 9.17) is 4.42 Å². The Morgan fingerprint density at radius 2 is 2.12 bits per heavy atom. The van der Waals surface area contributed by atoms with Gasteiger partial charge in [0.15, 0.2) is 0 Å². The average molecular weight is 328 g/mol. The minimum atomic E-state index is 0.218. The van der Waals surface area contributed by atoms with E-state index < -0.39 is 0 Å². The fourth-order valence-electron chi connectivity index (χ4n) is 4.14. The highest BCUT2D eigenvalue weighted by Crippen LogP contribution is 2.35. The first-order valence-electron chi connectivity index (χ1n) is 8.63. The Hall–Kier alpha value is -2.08. The third kappa shape index (κ3) is 2.55. The number of carbonyl (C=O) groups is 1. The van der Waals surface area contributed by atoms with Crippen LogP contribution < -0.4 is 4.90 Å². The molecule has 24 heavy (non-hydrogen) atoms. The number of furan rings is 1. The molecule has 0 spiro atoms. The molecule has 0 aromatic carbocycles. The van der Waals surface area contributed by atoms with E-state index in [1.807, 2.05) is 25.1 Å². The van der Waals surface area contributed by atoms with E-state index in [9.17, 15) is 4.79 Å². The number of hydrogen-bond donors (Lipinski definition) is 0. The van der Waals surface area contributed by atoms with Crippen molar-refractivity contribution < 1.29 is 9.21 Å². The monoisotopic (exact) mass is 328 g/mol. The first-order valence-corrected chi connectivity index (χ1v) is 8.63. The molecule has 2 aliphatic heterocycles. The van der Waals surface area contributed by atoms with E-state index in [-0.39, 0.29) is 11.9 Å². The van der Waals surface area contributed by atoms with Gasteiger partial charge in [-0.15, -0.1) is 0 Å². The fraction of sp³-hybridized carbons (Fsp3) is 0.556. The summed E-state index contributed by atoms with van der Waals surface area (Å²) in [6.07, 6.45) is 6.26. The van der Waals surface area contributed by atoms with Gasteiger partial charge in [0.05, 0.1) is 24.5 Å². The molecule has 2 saturated heterocycles. The number of rotatable bonds is 3. The molecular weight excluding hydrogens is 304 g/mol. The van der Waals surface area contributed by atoms with E-state index >= 15 is 0 Å². The third-order valence-electron chi connectivity index (χ3n) is 5.42. The third-order valence-corrected chi connectivity index (χ3v) is 5.42. The summed E-state index contributed by atoms with van der Waals surface area (Å²) in [5, 5.41) is 4.23. The molecule has 0 saturated carbocycles. The van der Waals surface area contributed by atoms with Gasteiger partial charge in [-0.05, 0) is 38.3 Å². The lowest BCUT2D eigenvalue weighted by Crippen LogP contribution is -2.52. The molecule has 6 heteroatoms. The Morgan fingerprint density at radius 1 is 1.29 bits per heavy atom. The maximum Gasteiger partial charge on any atom is 0.227 e. The van der Waals surface area contributed by atoms with E-state index in [2.05, 4.69) is 23.0 Å². The van der Waals surface area contributed by atoms with Crippen molar-refractivity contribution in [1.82, 2.24) is 14.7 Å². The summed E-state index contributed by atoms with van der Waals surface area (Å²) in [7, 11) is 1.89. The molecule has 1 amide bonds. The summed E-state index contributed by atoms with van der Waals surface area (Å²) >= 11 is 0. The van der Waals surface area contributed by atoms with Crippen LogP contribution in [0.15, 0.2) is 22.9 Å². The van der Waals surface area contributed by atoms with E-state index in [1.54, 1.807) is 10.9 Å². The number of piperidine rings is 1. The number of aryl methyl sites for hydroxylation is 3. The maximum absolute atomic E-state index is 12.5. The van der Waals surface area contributed by atoms with Crippen molar-refractivity contribution in [3.05, 3.63) is 35.5 Å². The molecule has 2 aromatic heterocycles. The maximum atomic E-state index is 12.5. The molecule has 2 atom stereocenters. The zero-order chi connectivity index (χ0) is 16.8. The molecule has 2 fully saturated rings. The van der Waals surface area contributed by atoms with Gasteiger partial charge in [-0.1, -0.05) is 0 Å². The number of anilines is 1. The second kappa shape index (κ2) is 5.77. The SMILES string of the molecule is Cc1cc(CN2CC[C@@H]3[C@H]2CCC(=O)N3c2cnn(C)c2)oc1C. The number of hydrogen-bond acceptors (Lipinski definition) is 4. The number of aromatic nitrogens is 2. The summed E-state index contributed by atoms with van der Waals surface area (Å²) in [5.41, 5.74) is 2.13. The number of likely N-dealkylation sites (tertiary alicyclic amines) is 1. The van der Waals surface area contributed by atoms with Crippen molar-refractivity contribution in [1.29, 1.82) is 0 Å². The van der Waals surface area contributed by atoms with Gasteiger partial charge in [-0.2, -0.15) is 5.10 Å². The van der Waals surface area contributed by atoms with E-state index in [0.29, 0.717) is 12.5 Å². The topological polar surface area (TPSA) is 54.5 Å². The zero-order valence-corrected chi connectivity index (χ0v) is 14.5. The summed E-state index contributed by atoms with van der Waals surface area (Å²) in [6, 6.07) is 2.77. The molecule has 4 rings (SSSR count).